The highest BCUT2D eigenvalue weighted by molar-refractivity contribution is 6.30. The van der Waals surface area contributed by atoms with Gasteiger partial charge in [-0.3, -0.25) is 9.69 Å². The minimum Gasteiger partial charge on any atom is -0.397 e. The molecule has 1 unspecified atom stereocenters. The third kappa shape index (κ3) is 3.86. The molecule has 0 radical (unpaired) electrons. The first-order chi connectivity index (χ1) is 11.6. The molecule has 24 heavy (non-hydrogen) atoms. The quantitative estimate of drug-likeness (QED) is 0.875. The Morgan fingerprint density at radius 1 is 1.29 bits per heavy atom. The third-order valence-electron chi connectivity index (χ3n) is 4.32. The molecule has 0 spiro atoms. The molecule has 1 amide bonds. The molecule has 126 valence electrons. The molecule has 2 aromatic rings. The summed E-state index contributed by atoms with van der Waals surface area (Å²) in [6.07, 6.45) is 3.93. The zero-order chi connectivity index (χ0) is 16.9. The molecule has 1 saturated heterocycles. The van der Waals surface area contributed by atoms with Gasteiger partial charge in [0, 0.05) is 17.8 Å². The van der Waals surface area contributed by atoms with E-state index in [1.54, 1.807) is 18.3 Å². The van der Waals surface area contributed by atoms with Crippen molar-refractivity contribution in [1.82, 2.24) is 15.2 Å². The predicted molar refractivity (Wildman–Crippen MR) is 96.0 cm³/mol. The SMILES string of the molecule is Nc1cccnc1C(=O)NCC(c1cccc(Cl)c1)N1CCCC1. The highest BCUT2D eigenvalue weighted by Gasteiger charge is 2.24. The smallest absolute Gasteiger partial charge is 0.272 e. The van der Waals surface area contributed by atoms with Gasteiger partial charge in [-0.05, 0) is 55.8 Å². The fourth-order valence-corrected chi connectivity index (χ4v) is 3.30. The van der Waals surface area contributed by atoms with Gasteiger partial charge in [-0.15, -0.1) is 0 Å². The Morgan fingerprint density at radius 2 is 2.08 bits per heavy atom. The first-order valence-corrected chi connectivity index (χ1v) is 8.51. The van der Waals surface area contributed by atoms with Gasteiger partial charge in [0.1, 0.15) is 0 Å². The number of hydrogen-bond acceptors (Lipinski definition) is 4. The third-order valence-corrected chi connectivity index (χ3v) is 4.56. The largest absolute Gasteiger partial charge is 0.397 e. The predicted octanol–water partition coefficient (Wildman–Crippen LogP) is 2.88. The van der Waals surface area contributed by atoms with Gasteiger partial charge in [0.15, 0.2) is 5.69 Å². The minimum absolute atomic E-state index is 0.0973. The number of anilines is 1. The number of carbonyl (C=O) groups excluding carboxylic acids is 1. The Balaban J connectivity index is 1.75. The van der Waals surface area contributed by atoms with E-state index in [-0.39, 0.29) is 17.6 Å². The highest BCUT2D eigenvalue weighted by atomic mass is 35.5. The number of aromatic nitrogens is 1. The second kappa shape index (κ2) is 7.64. The van der Waals surface area contributed by atoms with Gasteiger partial charge in [0.25, 0.3) is 5.91 Å². The molecule has 3 rings (SSSR count). The molecule has 0 saturated carbocycles. The van der Waals surface area contributed by atoms with E-state index < -0.39 is 0 Å². The highest BCUT2D eigenvalue weighted by Crippen LogP contribution is 2.26. The maximum Gasteiger partial charge on any atom is 0.272 e. The molecule has 1 aliphatic heterocycles. The number of amides is 1. The van der Waals surface area contributed by atoms with Crippen molar-refractivity contribution < 1.29 is 4.79 Å². The second-order valence-electron chi connectivity index (χ2n) is 5.97. The van der Waals surface area contributed by atoms with Crippen LogP contribution in [0.1, 0.15) is 34.9 Å². The summed E-state index contributed by atoms with van der Waals surface area (Å²) in [7, 11) is 0. The standard InChI is InChI=1S/C18H21ClN4O/c19-14-6-3-5-13(11-14)16(23-9-1-2-10-23)12-22-18(24)17-15(20)7-4-8-21-17/h3-8,11,16H,1-2,9-10,12,20H2,(H,22,24). The minimum atomic E-state index is -0.251. The van der Waals surface area contributed by atoms with Crippen molar-refractivity contribution in [3.63, 3.8) is 0 Å². The van der Waals surface area contributed by atoms with E-state index in [4.69, 9.17) is 17.3 Å². The number of nitrogen functional groups attached to an aromatic ring is 1. The number of likely N-dealkylation sites (tertiary alicyclic amines) is 1. The number of hydrogen-bond donors (Lipinski definition) is 2. The normalized spacial score (nSPS) is 16.0. The molecule has 3 N–H and O–H groups in total. The number of nitrogens with two attached hydrogens (primary N) is 1. The van der Waals surface area contributed by atoms with Crippen molar-refractivity contribution in [1.29, 1.82) is 0 Å². The van der Waals surface area contributed by atoms with Crippen LogP contribution < -0.4 is 11.1 Å². The summed E-state index contributed by atoms with van der Waals surface area (Å²) < 4.78 is 0. The first kappa shape index (κ1) is 16.7. The zero-order valence-corrected chi connectivity index (χ0v) is 14.2. The molecular weight excluding hydrogens is 324 g/mol. The molecule has 0 bridgehead atoms. The van der Waals surface area contributed by atoms with Crippen molar-refractivity contribution in [2.45, 2.75) is 18.9 Å². The lowest BCUT2D eigenvalue weighted by Gasteiger charge is -2.28. The van der Waals surface area contributed by atoms with Crippen LogP contribution in [0.2, 0.25) is 5.02 Å². The average Bonchev–Trinajstić information content (AvgIpc) is 3.10. The lowest BCUT2D eigenvalue weighted by atomic mass is 10.1. The lowest BCUT2D eigenvalue weighted by Crippen LogP contribution is -2.37. The molecule has 1 aromatic carbocycles. The van der Waals surface area contributed by atoms with E-state index in [0.717, 1.165) is 18.7 Å². The molecule has 2 heterocycles. The van der Waals surface area contributed by atoms with Crippen molar-refractivity contribution >= 4 is 23.2 Å². The number of pyridine rings is 1. The van der Waals surface area contributed by atoms with Gasteiger partial charge in [-0.1, -0.05) is 23.7 Å². The van der Waals surface area contributed by atoms with E-state index >= 15 is 0 Å². The van der Waals surface area contributed by atoms with E-state index in [1.165, 1.54) is 12.8 Å². The Hall–Kier alpha value is -2.11. The van der Waals surface area contributed by atoms with Crippen LogP contribution in [0.15, 0.2) is 42.6 Å². The van der Waals surface area contributed by atoms with Crippen LogP contribution in [0.25, 0.3) is 0 Å². The van der Waals surface area contributed by atoms with Gasteiger partial charge < -0.3 is 11.1 Å². The number of rotatable bonds is 5. The monoisotopic (exact) mass is 344 g/mol. The van der Waals surface area contributed by atoms with Crippen molar-refractivity contribution in [2.24, 2.45) is 0 Å². The summed E-state index contributed by atoms with van der Waals surface area (Å²) >= 11 is 6.14. The fraction of sp³-hybridized carbons (Fsp3) is 0.333. The molecule has 1 aliphatic rings. The van der Waals surface area contributed by atoms with E-state index in [2.05, 4.69) is 21.3 Å². The maximum absolute atomic E-state index is 12.4. The average molecular weight is 345 g/mol. The van der Waals surface area contributed by atoms with Gasteiger partial charge in [-0.2, -0.15) is 0 Å². The molecule has 0 aliphatic carbocycles. The number of nitrogens with zero attached hydrogens (tertiary/aromatic N) is 2. The maximum atomic E-state index is 12.4. The molecule has 1 aromatic heterocycles. The summed E-state index contributed by atoms with van der Waals surface area (Å²) in [6.45, 7) is 2.55. The molecule has 1 fully saturated rings. The fourth-order valence-electron chi connectivity index (χ4n) is 3.11. The van der Waals surface area contributed by atoms with Gasteiger partial charge in [0.2, 0.25) is 0 Å². The number of carbonyl (C=O) groups is 1. The Morgan fingerprint density at radius 3 is 2.79 bits per heavy atom. The van der Waals surface area contributed by atoms with E-state index in [9.17, 15) is 4.79 Å². The summed E-state index contributed by atoms with van der Waals surface area (Å²) in [5.74, 6) is -0.251. The van der Waals surface area contributed by atoms with Gasteiger partial charge in [0.05, 0.1) is 11.7 Å². The van der Waals surface area contributed by atoms with E-state index in [0.29, 0.717) is 17.3 Å². The van der Waals surface area contributed by atoms with Crippen LogP contribution in [0.4, 0.5) is 5.69 Å². The number of halogens is 1. The molecular formula is C18H21ClN4O. The van der Waals surface area contributed by atoms with Crippen molar-refractivity contribution in [3.05, 3.63) is 58.9 Å². The molecule has 5 nitrogen and oxygen atoms in total. The molecule has 6 heteroatoms. The van der Waals surface area contributed by atoms with Crippen LogP contribution in [0.5, 0.6) is 0 Å². The zero-order valence-electron chi connectivity index (χ0n) is 13.4. The van der Waals surface area contributed by atoms with Gasteiger partial charge >= 0.3 is 0 Å². The first-order valence-electron chi connectivity index (χ1n) is 8.13. The van der Waals surface area contributed by atoms with E-state index in [1.807, 2.05) is 18.2 Å². The lowest BCUT2D eigenvalue weighted by molar-refractivity contribution is 0.0934. The van der Waals surface area contributed by atoms with Crippen LogP contribution in [-0.4, -0.2) is 35.4 Å². The van der Waals surface area contributed by atoms with Gasteiger partial charge in [-0.25, -0.2) is 4.98 Å². The van der Waals surface area contributed by atoms with Crippen molar-refractivity contribution in [3.8, 4) is 0 Å². The molecule has 1 atom stereocenters. The Bertz CT molecular complexity index is 716. The Labute approximate surface area is 146 Å². The van der Waals surface area contributed by atoms with Crippen LogP contribution in [-0.2, 0) is 0 Å². The summed E-state index contributed by atoms with van der Waals surface area (Å²) in [6, 6.07) is 11.3. The van der Waals surface area contributed by atoms with Crippen LogP contribution in [0, 0.1) is 0 Å². The van der Waals surface area contributed by atoms with Crippen molar-refractivity contribution in [2.75, 3.05) is 25.4 Å². The number of benzene rings is 1. The number of nitrogens with one attached hydrogen (secondary N) is 1. The summed E-state index contributed by atoms with van der Waals surface area (Å²) in [5.41, 5.74) is 7.59. The van der Waals surface area contributed by atoms with Crippen LogP contribution in [0.3, 0.4) is 0 Å². The summed E-state index contributed by atoms with van der Waals surface area (Å²) in [5, 5.41) is 3.67. The summed E-state index contributed by atoms with van der Waals surface area (Å²) in [4.78, 5) is 18.8. The van der Waals surface area contributed by atoms with Crippen LogP contribution >= 0.6 is 11.6 Å². The Kier molecular flexibility index (Phi) is 5.33. The topological polar surface area (TPSA) is 71.2 Å². The second-order valence-corrected chi connectivity index (χ2v) is 6.40.